The first-order valence-electron chi connectivity index (χ1n) is 7.45. The molecule has 0 aliphatic rings. The number of carbonyl (C=O) groups excluding carboxylic acids is 1. The van der Waals surface area contributed by atoms with Crippen LogP contribution in [0.3, 0.4) is 0 Å². The van der Waals surface area contributed by atoms with Gasteiger partial charge in [-0.15, -0.1) is 0 Å². The molecule has 0 aliphatic carbocycles. The SMILES string of the molecule is CN(C)C(=O)CCCOc1ccc(CNC(C)(C)C)cc1. The van der Waals surface area contributed by atoms with Gasteiger partial charge < -0.3 is 15.0 Å². The molecule has 1 rings (SSSR count). The Kier molecular flexibility index (Phi) is 6.69. The van der Waals surface area contributed by atoms with Crippen molar-refractivity contribution in [2.45, 2.75) is 45.7 Å². The van der Waals surface area contributed by atoms with Crippen molar-refractivity contribution < 1.29 is 9.53 Å². The highest BCUT2D eigenvalue weighted by molar-refractivity contribution is 5.75. The summed E-state index contributed by atoms with van der Waals surface area (Å²) in [5, 5.41) is 3.45. The van der Waals surface area contributed by atoms with Crippen molar-refractivity contribution in [2.75, 3.05) is 20.7 Å². The largest absolute Gasteiger partial charge is 0.494 e. The van der Waals surface area contributed by atoms with E-state index in [1.165, 1.54) is 5.56 Å². The molecule has 1 aromatic rings. The average molecular weight is 292 g/mol. The molecule has 0 heterocycles. The zero-order valence-corrected chi connectivity index (χ0v) is 13.9. The summed E-state index contributed by atoms with van der Waals surface area (Å²) in [6.45, 7) is 7.87. The fourth-order valence-electron chi connectivity index (χ4n) is 1.71. The van der Waals surface area contributed by atoms with E-state index in [2.05, 4.69) is 38.2 Å². The van der Waals surface area contributed by atoms with Crippen molar-refractivity contribution in [3.05, 3.63) is 29.8 Å². The number of benzene rings is 1. The summed E-state index contributed by atoms with van der Waals surface area (Å²) in [7, 11) is 3.54. The Bertz CT molecular complexity index is 433. The number of hydrogen-bond donors (Lipinski definition) is 1. The Morgan fingerprint density at radius 2 is 1.81 bits per heavy atom. The second-order valence-corrected chi connectivity index (χ2v) is 6.49. The lowest BCUT2D eigenvalue weighted by molar-refractivity contribution is -0.128. The van der Waals surface area contributed by atoms with Crippen LogP contribution in [-0.2, 0) is 11.3 Å². The molecule has 0 saturated carbocycles. The van der Waals surface area contributed by atoms with E-state index < -0.39 is 0 Å². The van der Waals surface area contributed by atoms with Gasteiger partial charge in [0.25, 0.3) is 0 Å². The van der Waals surface area contributed by atoms with E-state index in [9.17, 15) is 4.79 Å². The van der Waals surface area contributed by atoms with Gasteiger partial charge in [0, 0.05) is 32.6 Å². The quantitative estimate of drug-likeness (QED) is 0.786. The molecule has 0 saturated heterocycles. The summed E-state index contributed by atoms with van der Waals surface area (Å²) in [6.07, 6.45) is 1.27. The number of hydrogen-bond acceptors (Lipinski definition) is 3. The van der Waals surface area contributed by atoms with Gasteiger partial charge in [0.05, 0.1) is 6.61 Å². The number of ether oxygens (including phenoxy) is 1. The molecule has 0 spiro atoms. The number of nitrogens with zero attached hydrogens (tertiary/aromatic N) is 1. The molecular weight excluding hydrogens is 264 g/mol. The predicted molar refractivity (Wildman–Crippen MR) is 86.5 cm³/mol. The molecule has 21 heavy (non-hydrogen) atoms. The van der Waals surface area contributed by atoms with E-state index in [0.717, 1.165) is 18.7 Å². The van der Waals surface area contributed by atoms with Crippen LogP contribution in [0.25, 0.3) is 0 Å². The van der Waals surface area contributed by atoms with E-state index in [-0.39, 0.29) is 11.4 Å². The normalized spacial score (nSPS) is 11.3. The van der Waals surface area contributed by atoms with E-state index in [1.54, 1.807) is 19.0 Å². The smallest absolute Gasteiger partial charge is 0.222 e. The van der Waals surface area contributed by atoms with Crippen LogP contribution in [0.4, 0.5) is 0 Å². The summed E-state index contributed by atoms with van der Waals surface area (Å²) < 4.78 is 5.65. The molecule has 1 amide bonds. The fraction of sp³-hybridized carbons (Fsp3) is 0.588. The van der Waals surface area contributed by atoms with Gasteiger partial charge in [-0.05, 0) is 44.9 Å². The number of amides is 1. The summed E-state index contributed by atoms with van der Waals surface area (Å²) >= 11 is 0. The van der Waals surface area contributed by atoms with Crippen molar-refractivity contribution in [1.29, 1.82) is 0 Å². The average Bonchev–Trinajstić information content (AvgIpc) is 2.41. The molecule has 0 atom stereocenters. The number of rotatable bonds is 7. The first-order chi connectivity index (χ1) is 9.78. The first-order valence-corrected chi connectivity index (χ1v) is 7.45. The van der Waals surface area contributed by atoms with Crippen LogP contribution in [0, 0.1) is 0 Å². The van der Waals surface area contributed by atoms with Crippen LogP contribution < -0.4 is 10.1 Å². The second kappa shape index (κ2) is 8.03. The highest BCUT2D eigenvalue weighted by Gasteiger charge is 2.08. The zero-order valence-electron chi connectivity index (χ0n) is 13.9. The van der Waals surface area contributed by atoms with E-state index in [4.69, 9.17) is 4.74 Å². The topological polar surface area (TPSA) is 41.6 Å². The Balaban J connectivity index is 2.30. The van der Waals surface area contributed by atoms with Crippen molar-refractivity contribution in [3.63, 3.8) is 0 Å². The van der Waals surface area contributed by atoms with Crippen LogP contribution in [0.2, 0.25) is 0 Å². The third kappa shape index (κ3) is 7.71. The summed E-state index contributed by atoms with van der Waals surface area (Å²) in [6, 6.07) is 8.10. The Morgan fingerprint density at radius 3 is 2.33 bits per heavy atom. The lowest BCUT2D eigenvalue weighted by Gasteiger charge is -2.20. The maximum Gasteiger partial charge on any atom is 0.222 e. The molecule has 0 fully saturated rings. The molecule has 0 radical (unpaired) electrons. The van der Waals surface area contributed by atoms with E-state index >= 15 is 0 Å². The maximum atomic E-state index is 11.4. The summed E-state index contributed by atoms with van der Waals surface area (Å²) in [4.78, 5) is 13.0. The Morgan fingerprint density at radius 1 is 1.19 bits per heavy atom. The summed E-state index contributed by atoms with van der Waals surface area (Å²) in [5.41, 5.74) is 1.36. The minimum atomic E-state index is 0.119. The molecule has 1 N–H and O–H groups in total. The van der Waals surface area contributed by atoms with Crippen molar-refractivity contribution in [3.8, 4) is 5.75 Å². The minimum Gasteiger partial charge on any atom is -0.494 e. The lowest BCUT2D eigenvalue weighted by atomic mass is 10.1. The number of carbonyl (C=O) groups is 1. The van der Waals surface area contributed by atoms with Crippen LogP contribution >= 0.6 is 0 Å². The Labute approximate surface area is 128 Å². The van der Waals surface area contributed by atoms with Crippen LogP contribution in [-0.4, -0.2) is 37.0 Å². The standard InChI is InChI=1S/C17H28N2O2/c1-17(2,3)18-13-14-8-10-15(11-9-14)21-12-6-7-16(20)19(4)5/h8-11,18H,6-7,12-13H2,1-5H3. The predicted octanol–water partition coefficient (Wildman–Crippen LogP) is 2.82. The van der Waals surface area contributed by atoms with Gasteiger partial charge in [-0.3, -0.25) is 4.79 Å². The molecule has 0 bridgehead atoms. The Hall–Kier alpha value is -1.55. The molecule has 4 heteroatoms. The van der Waals surface area contributed by atoms with Gasteiger partial charge in [0.1, 0.15) is 5.75 Å². The van der Waals surface area contributed by atoms with Crippen LogP contribution in [0.15, 0.2) is 24.3 Å². The molecule has 118 valence electrons. The van der Waals surface area contributed by atoms with Crippen LogP contribution in [0.1, 0.15) is 39.2 Å². The van der Waals surface area contributed by atoms with Gasteiger partial charge in [-0.2, -0.15) is 0 Å². The molecule has 0 unspecified atom stereocenters. The maximum absolute atomic E-state index is 11.4. The highest BCUT2D eigenvalue weighted by atomic mass is 16.5. The van der Waals surface area contributed by atoms with Gasteiger partial charge in [0.15, 0.2) is 0 Å². The molecule has 1 aromatic carbocycles. The van der Waals surface area contributed by atoms with E-state index in [0.29, 0.717) is 13.0 Å². The first kappa shape index (κ1) is 17.5. The van der Waals surface area contributed by atoms with Gasteiger partial charge in [0.2, 0.25) is 5.91 Å². The molecule has 4 nitrogen and oxygen atoms in total. The molecule has 0 aliphatic heterocycles. The summed E-state index contributed by atoms with van der Waals surface area (Å²) in [5.74, 6) is 0.994. The number of nitrogens with one attached hydrogen (secondary N) is 1. The van der Waals surface area contributed by atoms with Gasteiger partial charge >= 0.3 is 0 Å². The van der Waals surface area contributed by atoms with Crippen molar-refractivity contribution in [2.24, 2.45) is 0 Å². The lowest BCUT2D eigenvalue weighted by Crippen LogP contribution is -2.35. The van der Waals surface area contributed by atoms with Gasteiger partial charge in [-0.25, -0.2) is 0 Å². The molecule has 0 aromatic heterocycles. The van der Waals surface area contributed by atoms with Crippen LogP contribution in [0.5, 0.6) is 5.75 Å². The minimum absolute atomic E-state index is 0.119. The third-order valence-electron chi connectivity index (χ3n) is 3.05. The van der Waals surface area contributed by atoms with Crippen molar-refractivity contribution in [1.82, 2.24) is 10.2 Å². The zero-order chi connectivity index (χ0) is 15.9. The highest BCUT2D eigenvalue weighted by Crippen LogP contribution is 2.13. The fourth-order valence-corrected chi connectivity index (χ4v) is 1.71. The monoisotopic (exact) mass is 292 g/mol. The van der Waals surface area contributed by atoms with Crippen molar-refractivity contribution >= 4 is 5.91 Å². The third-order valence-corrected chi connectivity index (χ3v) is 3.05. The van der Waals surface area contributed by atoms with E-state index in [1.807, 2.05) is 12.1 Å². The molecular formula is C17H28N2O2. The second-order valence-electron chi connectivity index (χ2n) is 6.49. The van der Waals surface area contributed by atoms with Gasteiger partial charge in [-0.1, -0.05) is 12.1 Å².